The highest BCUT2D eigenvalue weighted by Crippen LogP contribution is 2.21. The molecule has 0 unspecified atom stereocenters. The molecule has 0 saturated carbocycles. The number of benzene rings is 2. The van der Waals surface area contributed by atoms with E-state index in [9.17, 15) is 0 Å². The van der Waals surface area contributed by atoms with Crippen LogP contribution in [0.4, 0.5) is 0 Å². The first-order chi connectivity index (χ1) is 10.4. The maximum Gasteiger partial charge on any atom is 0.127 e. The van der Waals surface area contributed by atoms with Crippen LogP contribution in [0.3, 0.4) is 0 Å². The standard InChI is InChI=1S/C18H22N2O/c1-2-6-17(7-3-1)21-18-10-8-16(9-11-18)12-13-19-20-14-4-5-15-20/h1-3,6-11,19H,4-5,12-15H2. The Kier molecular flexibility index (Phi) is 4.87. The lowest BCUT2D eigenvalue weighted by atomic mass is 10.1. The van der Waals surface area contributed by atoms with Gasteiger partial charge in [-0.2, -0.15) is 0 Å². The van der Waals surface area contributed by atoms with Crippen LogP contribution >= 0.6 is 0 Å². The van der Waals surface area contributed by atoms with Crippen molar-refractivity contribution in [3.05, 3.63) is 60.2 Å². The molecule has 0 radical (unpaired) electrons. The van der Waals surface area contributed by atoms with E-state index in [4.69, 9.17) is 4.74 Å². The molecule has 0 aliphatic carbocycles. The fraction of sp³-hybridized carbons (Fsp3) is 0.333. The molecule has 0 amide bonds. The molecule has 1 N–H and O–H groups in total. The van der Waals surface area contributed by atoms with Gasteiger partial charge in [-0.3, -0.25) is 5.43 Å². The second-order valence-electron chi connectivity index (χ2n) is 5.41. The van der Waals surface area contributed by atoms with Gasteiger partial charge in [0.2, 0.25) is 0 Å². The number of nitrogens with one attached hydrogen (secondary N) is 1. The van der Waals surface area contributed by atoms with Crippen molar-refractivity contribution in [1.29, 1.82) is 0 Å². The summed E-state index contributed by atoms with van der Waals surface area (Å²) in [5, 5.41) is 2.33. The molecule has 0 atom stereocenters. The summed E-state index contributed by atoms with van der Waals surface area (Å²) in [5.41, 5.74) is 4.82. The van der Waals surface area contributed by atoms with Gasteiger partial charge in [0.1, 0.15) is 11.5 Å². The molecule has 2 aromatic carbocycles. The van der Waals surface area contributed by atoms with Crippen LogP contribution in [-0.2, 0) is 6.42 Å². The molecule has 0 bridgehead atoms. The molecule has 0 spiro atoms. The van der Waals surface area contributed by atoms with Crippen LogP contribution in [0.5, 0.6) is 11.5 Å². The van der Waals surface area contributed by atoms with Gasteiger partial charge in [-0.15, -0.1) is 0 Å². The second-order valence-corrected chi connectivity index (χ2v) is 5.41. The van der Waals surface area contributed by atoms with Crippen molar-refractivity contribution >= 4 is 0 Å². The molecule has 3 rings (SSSR count). The molecule has 3 nitrogen and oxygen atoms in total. The summed E-state index contributed by atoms with van der Waals surface area (Å²) in [6.07, 6.45) is 3.68. The SMILES string of the molecule is c1ccc(Oc2ccc(CCNN3CCCC3)cc2)cc1. The summed E-state index contributed by atoms with van der Waals surface area (Å²) in [5.74, 6) is 1.76. The normalized spacial score (nSPS) is 15.2. The van der Waals surface area contributed by atoms with E-state index in [1.54, 1.807) is 0 Å². The molecule has 1 fully saturated rings. The van der Waals surface area contributed by atoms with Crippen LogP contribution in [0.2, 0.25) is 0 Å². The molecule has 1 aliphatic rings. The van der Waals surface area contributed by atoms with Crippen LogP contribution in [-0.4, -0.2) is 24.6 Å². The predicted octanol–water partition coefficient (Wildman–Crippen LogP) is 3.62. The number of hydrogen-bond donors (Lipinski definition) is 1. The highest BCUT2D eigenvalue weighted by molar-refractivity contribution is 5.33. The number of para-hydroxylation sites is 1. The van der Waals surface area contributed by atoms with E-state index >= 15 is 0 Å². The third kappa shape index (κ3) is 4.31. The van der Waals surface area contributed by atoms with Crippen LogP contribution in [0.25, 0.3) is 0 Å². The molecule has 1 saturated heterocycles. The Morgan fingerprint density at radius 3 is 2.24 bits per heavy atom. The van der Waals surface area contributed by atoms with Gasteiger partial charge < -0.3 is 4.74 Å². The Labute approximate surface area is 126 Å². The summed E-state index contributed by atoms with van der Waals surface area (Å²) in [6.45, 7) is 3.37. The number of hydrazine groups is 1. The zero-order valence-corrected chi connectivity index (χ0v) is 12.3. The summed E-state index contributed by atoms with van der Waals surface area (Å²) >= 11 is 0. The van der Waals surface area contributed by atoms with Gasteiger partial charge in [0.25, 0.3) is 0 Å². The van der Waals surface area contributed by atoms with Crippen molar-refractivity contribution in [2.45, 2.75) is 19.3 Å². The van der Waals surface area contributed by atoms with Crippen LogP contribution in [0.1, 0.15) is 18.4 Å². The Morgan fingerprint density at radius 2 is 1.52 bits per heavy atom. The monoisotopic (exact) mass is 282 g/mol. The van der Waals surface area contributed by atoms with E-state index in [0.717, 1.165) is 24.5 Å². The van der Waals surface area contributed by atoms with Gasteiger partial charge in [0.05, 0.1) is 0 Å². The third-order valence-corrected chi connectivity index (χ3v) is 3.76. The zero-order chi connectivity index (χ0) is 14.3. The molecular formula is C18H22N2O. The Hall–Kier alpha value is -1.84. The van der Waals surface area contributed by atoms with Crippen LogP contribution in [0, 0.1) is 0 Å². The van der Waals surface area contributed by atoms with Gasteiger partial charge in [-0.1, -0.05) is 30.3 Å². The number of rotatable bonds is 6. The summed E-state index contributed by atoms with van der Waals surface area (Å²) in [4.78, 5) is 0. The van der Waals surface area contributed by atoms with Gasteiger partial charge in [0, 0.05) is 19.6 Å². The second kappa shape index (κ2) is 7.25. The average Bonchev–Trinajstić information content (AvgIpc) is 3.03. The number of ether oxygens (including phenoxy) is 1. The first-order valence-electron chi connectivity index (χ1n) is 7.70. The minimum absolute atomic E-state index is 0.876. The summed E-state index contributed by atoms with van der Waals surface area (Å²) in [6, 6.07) is 18.2. The Morgan fingerprint density at radius 1 is 0.857 bits per heavy atom. The quantitative estimate of drug-likeness (QED) is 0.875. The lowest BCUT2D eigenvalue weighted by Gasteiger charge is -2.16. The molecule has 1 heterocycles. The first kappa shape index (κ1) is 14.1. The molecule has 2 aromatic rings. The molecule has 3 heteroatoms. The van der Waals surface area contributed by atoms with Crippen molar-refractivity contribution in [2.24, 2.45) is 0 Å². The molecular weight excluding hydrogens is 260 g/mol. The first-order valence-corrected chi connectivity index (χ1v) is 7.70. The lowest BCUT2D eigenvalue weighted by molar-refractivity contribution is 0.238. The number of nitrogens with zero attached hydrogens (tertiary/aromatic N) is 1. The largest absolute Gasteiger partial charge is 0.457 e. The van der Waals surface area contributed by atoms with Gasteiger partial charge >= 0.3 is 0 Å². The average molecular weight is 282 g/mol. The van der Waals surface area contributed by atoms with Gasteiger partial charge in [-0.25, -0.2) is 5.01 Å². The van der Waals surface area contributed by atoms with E-state index in [2.05, 4.69) is 22.6 Å². The minimum Gasteiger partial charge on any atom is -0.457 e. The van der Waals surface area contributed by atoms with Crippen molar-refractivity contribution in [3.63, 3.8) is 0 Å². The lowest BCUT2D eigenvalue weighted by Crippen LogP contribution is -2.36. The third-order valence-electron chi connectivity index (χ3n) is 3.76. The van der Waals surface area contributed by atoms with Crippen LogP contribution in [0.15, 0.2) is 54.6 Å². The minimum atomic E-state index is 0.876. The van der Waals surface area contributed by atoms with Crippen molar-refractivity contribution in [2.75, 3.05) is 19.6 Å². The van der Waals surface area contributed by atoms with E-state index < -0.39 is 0 Å². The smallest absolute Gasteiger partial charge is 0.127 e. The molecule has 110 valence electrons. The van der Waals surface area contributed by atoms with E-state index in [1.165, 1.54) is 31.5 Å². The number of hydrogen-bond acceptors (Lipinski definition) is 3. The van der Waals surface area contributed by atoms with Gasteiger partial charge in [0.15, 0.2) is 0 Å². The van der Waals surface area contributed by atoms with E-state index in [0.29, 0.717) is 0 Å². The maximum atomic E-state index is 5.80. The van der Waals surface area contributed by atoms with Crippen molar-refractivity contribution in [1.82, 2.24) is 10.4 Å². The summed E-state index contributed by atoms with van der Waals surface area (Å²) in [7, 11) is 0. The Balaban J connectivity index is 1.47. The predicted molar refractivity (Wildman–Crippen MR) is 85.5 cm³/mol. The summed E-state index contributed by atoms with van der Waals surface area (Å²) < 4.78 is 5.80. The topological polar surface area (TPSA) is 24.5 Å². The maximum absolute atomic E-state index is 5.80. The van der Waals surface area contributed by atoms with Crippen molar-refractivity contribution < 1.29 is 4.74 Å². The Bertz CT molecular complexity index is 533. The molecule has 0 aromatic heterocycles. The molecule has 1 aliphatic heterocycles. The fourth-order valence-electron chi connectivity index (χ4n) is 2.58. The highest BCUT2D eigenvalue weighted by atomic mass is 16.5. The fourth-order valence-corrected chi connectivity index (χ4v) is 2.58. The van der Waals surface area contributed by atoms with E-state index in [-0.39, 0.29) is 0 Å². The van der Waals surface area contributed by atoms with Crippen LogP contribution < -0.4 is 10.2 Å². The van der Waals surface area contributed by atoms with Crippen molar-refractivity contribution in [3.8, 4) is 11.5 Å². The van der Waals surface area contributed by atoms with E-state index in [1.807, 2.05) is 42.5 Å². The molecule has 21 heavy (non-hydrogen) atoms. The van der Waals surface area contributed by atoms with Gasteiger partial charge in [-0.05, 0) is 49.1 Å². The zero-order valence-electron chi connectivity index (χ0n) is 12.3. The highest BCUT2D eigenvalue weighted by Gasteiger charge is 2.09.